The van der Waals surface area contributed by atoms with Crippen LogP contribution in [0.15, 0.2) is 58.4 Å². The molecule has 31 heavy (non-hydrogen) atoms. The molecule has 0 aliphatic heterocycles. The molecule has 160 valence electrons. The molecule has 1 heterocycles. The average Bonchev–Trinajstić information content (AvgIpc) is 3.21. The van der Waals surface area contributed by atoms with Crippen LogP contribution in [0.5, 0.6) is 5.75 Å². The molecule has 1 unspecified atom stereocenters. The molecule has 2 N–H and O–H groups in total. The number of ether oxygens (including phenoxy) is 2. The second-order valence-electron chi connectivity index (χ2n) is 7.31. The van der Waals surface area contributed by atoms with Gasteiger partial charge in [-0.2, -0.15) is 0 Å². The lowest BCUT2D eigenvalue weighted by Crippen LogP contribution is -2.37. The number of hydrogen-bond donors (Lipinski definition) is 2. The molecule has 3 aromatic carbocycles. The first kappa shape index (κ1) is 20.6. The Labute approximate surface area is 179 Å². The summed E-state index contributed by atoms with van der Waals surface area (Å²) < 4.78 is 12.4. The van der Waals surface area contributed by atoms with Crippen molar-refractivity contribution in [3.8, 4) is 5.75 Å². The third kappa shape index (κ3) is 4.02. The molecule has 0 aliphatic rings. The molecule has 8 nitrogen and oxygen atoms in total. The van der Waals surface area contributed by atoms with Gasteiger partial charge in [-0.3, -0.25) is 9.59 Å². The summed E-state index contributed by atoms with van der Waals surface area (Å²) in [5.41, 5.74) is 2.88. The van der Waals surface area contributed by atoms with Crippen molar-refractivity contribution in [2.45, 2.75) is 19.5 Å². The molecular weight excluding hydrogens is 396 g/mol. The minimum atomic E-state index is -0.536. The number of fused-ring (bicyclic) bond motifs is 1. The smallest absolute Gasteiger partial charge is 0.253 e. The molecule has 8 heteroatoms. The molecule has 0 saturated carbocycles. The van der Waals surface area contributed by atoms with Crippen molar-refractivity contribution >= 4 is 28.1 Å². The van der Waals surface area contributed by atoms with Crippen LogP contribution in [0.3, 0.4) is 0 Å². The zero-order chi connectivity index (χ0) is 22.0. The highest BCUT2D eigenvalue weighted by Crippen LogP contribution is 2.28. The predicted octanol–water partition coefficient (Wildman–Crippen LogP) is 3.20. The monoisotopic (exact) mass is 420 g/mol. The Morgan fingerprint density at radius 3 is 2.65 bits per heavy atom. The highest BCUT2D eigenvalue weighted by Gasteiger charge is 2.23. The normalized spacial score (nSPS) is 12.2. The van der Waals surface area contributed by atoms with E-state index in [4.69, 9.17) is 9.47 Å². The first-order valence-corrected chi connectivity index (χ1v) is 9.96. The SMILES string of the molecule is COCCn1cnc2cc(Nc3c(NC(C)c4cccc(OC)c4)c(=O)c3=O)ccc21. The number of rotatable bonds is 9. The second kappa shape index (κ2) is 8.61. The topological polar surface area (TPSA) is 94.5 Å². The van der Waals surface area contributed by atoms with E-state index in [2.05, 4.69) is 15.6 Å². The van der Waals surface area contributed by atoms with Crippen LogP contribution in [0, 0.1) is 0 Å². The molecule has 4 aromatic rings. The molecule has 0 spiro atoms. The lowest BCUT2D eigenvalue weighted by Gasteiger charge is -2.20. The van der Waals surface area contributed by atoms with Gasteiger partial charge in [-0.15, -0.1) is 0 Å². The van der Waals surface area contributed by atoms with Gasteiger partial charge in [0.05, 0.1) is 31.1 Å². The zero-order valence-electron chi connectivity index (χ0n) is 17.6. The number of methoxy groups -OCH3 is 2. The third-order valence-electron chi connectivity index (χ3n) is 5.29. The van der Waals surface area contributed by atoms with Gasteiger partial charge in [0.15, 0.2) is 0 Å². The van der Waals surface area contributed by atoms with Gasteiger partial charge in [0.1, 0.15) is 17.1 Å². The average molecular weight is 420 g/mol. The fourth-order valence-electron chi connectivity index (χ4n) is 3.51. The number of aromatic nitrogens is 2. The van der Waals surface area contributed by atoms with E-state index in [1.165, 1.54) is 0 Å². The summed E-state index contributed by atoms with van der Waals surface area (Å²) in [6, 6.07) is 13.0. The molecular formula is C23H24N4O4. The van der Waals surface area contributed by atoms with Crippen molar-refractivity contribution in [3.63, 3.8) is 0 Å². The number of nitrogens with one attached hydrogen (secondary N) is 2. The second-order valence-corrected chi connectivity index (χ2v) is 7.31. The maximum Gasteiger partial charge on any atom is 0.253 e. The van der Waals surface area contributed by atoms with Crippen molar-refractivity contribution in [2.75, 3.05) is 31.5 Å². The molecule has 0 saturated heterocycles. The van der Waals surface area contributed by atoms with Crippen molar-refractivity contribution in [1.82, 2.24) is 9.55 Å². The number of benzene rings is 2. The standard InChI is InChI=1S/C23H24N4O4/c1-14(15-5-4-6-17(11-15)31-3)25-20-21(23(29)22(20)28)26-16-7-8-19-18(12-16)24-13-27(19)9-10-30-2/h4-8,11-14,25-26H,9-10H2,1-3H3. The Morgan fingerprint density at radius 2 is 1.87 bits per heavy atom. The number of nitrogens with zero attached hydrogens (tertiary/aromatic N) is 2. The zero-order valence-corrected chi connectivity index (χ0v) is 17.6. The summed E-state index contributed by atoms with van der Waals surface area (Å²) in [4.78, 5) is 28.8. The maximum atomic E-state index is 12.2. The molecule has 0 aliphatic carbocycles. The van der Waals surface area contributed by atoms with Gasteiger partial charge >= 0.3 is 0 Å². The summed E-state index contributed by atoms with van der Waals surface area (Å²) in [6.45, 7) is 3.22. The largest absolute Gasteiger partial charge is 0.497 e. The van der Waals surface area contributed by atoms with E-state index in [9.17, 15) is 9.59 Å². The highest BCUT2D eigenvalue weighted by atomic mass is 16.5. The van der Waals surface area contributed by atoms with E-state index in [1.54, 1.807) is 20.5 Å². The lowest BCUT2D eigenvalue weighted by atomic mass is 10.1. The van der Waals surface area contributed by atoms with Gasteiger partial charge in [0.25, 0.3) is 10.9 Å². The van der Waals surface area contributed by atoms with Crippen LogP contribution in [-0.2, 0) is 11.3 Å². The predicted molar refractivity (Wildman–Crippen MR) is 121 cm³/mol. The highest BCUT2D eigenvalue weighted by molar-refractivity contribution is 5.84. The molecule has 4 rings (SSSR count). The van der Waals surface area contributed by atoms with Crippen LogP contribution in [0.25, 0.3) is 11.0 Å². The Kier molecular flexibility index (Phi) is 5.73. The Bertz CT molecular complexity index is 1290. The third-order valence-corrected chi connectivity index (χ3v) is 5.29. The summed E-state index contributed by atoms with van der Waals surface area (Å²) in [5, 5.41) is 6.24. The Morgan fingerprint density at radius 1 is 1.06 bits per heavy atom. The van der Waals surface area contributed by atoms with E-state index in [0.717, 1.165) is 22.3 Å². The van der Waals surface area contributed by atoms with Crippen LogP contribution in [-0.4, -0.2) is 30.4 Å². The van der Waals surface area contributed by atoms with Crippen molar-refractivity contribution in [2.24, 2.45) is 0 Å². The van der Waals surface area contributed by atoms with Gasteiger partial charge in [-0.1, -0.05) is 12.1 Å². The van der Waals surface area contributed by atoms with Gasteiger partial charge in [-0.05, 0) is 42.8 Å². The molecule has 1 atom stereocenters. The van der Waals surface area contributed by atoms with Gasteiger partial charge in [0.2, 0.25) is 0 Å². The van der Waals surface area contributed by atoms with Crippen LogP contribution in [0.1, 0.15) is 18.5 Å². The molecule has 0 radical (unpaired) electrons. The number of anilines is 3. The van der Waals surface area contributed by atoms with Gasteiger partial charge in [-0.25, -0.2) is 4.98 Å². The van der Waals surface area contributed by atoms with Crippen LogP contribution in [0.4, 0.5) is 17.1 Å². The summed E-state index contributed by atoms with van der Waals surface area (Å²) in [5.74, 6) is 0.729. The van der Waals surface area contributed by atoms with Crippen LogP contribution < -0.4 is 26.2 Å². The summed E-state index contributed by atoms with van der Waals surface area (Å²) >= 11 is 0. The van der Waals surface area contributed by atoms with Crippen LogP contribution >= 0.6 is 0 Å². The van der Waals surface area contributed by atoms with E-state index in [-0.39, 0.29) is 17.4 Å². The van der Waals surface area contributed by atoms with Crippen LogP contribution in [0.2, 0.25) is 0 Å². The lowest BCUT2D eigenvalue weighted by molar-refractivity contribution is 0.188. The minimum Gasteiger partial charge on any atom is -0.497 e. The Balaban J connectivity index is 1.54. The molecule has 0 fully saturated rings. The first-order valence-electron chi connectivity index (χ1n) is 9.96. The fourth-order valence-corrected chi connectivity index (χ4v) is 3.51. The molecule has 0 bridgehead atoms. The van der Waals surface area contributed by atoms with E-state index in [1.807, 2.05) is 54.0 Å². The number of imidazole rings is 1. The number of hydrogen-bond acceptors (Lipinski definition) is 7. The maximum absolute atomic E-state index is 12.2. The van der Waals surface area contributed by atoms with Crippen molar-refractivity contribution in [3.05, 3.63) is 74.8 Å². The first-order chi connectivity index (χ1) is 15.0. The van der Waals surface area contributed by atoms with Gasteiger partial charge in [0, 0.05) is 25.4 Å². The van der Waals surface area contributed by atoms with Crippen molar-refractivity contribution in [1.29, 1.82) is 0 Å². The van der Waals surface area contributed by atoms with E-state index >= 15 is 0 Å². The van der Waals surface area contributed by atoms with E-state index < -0.39 is 10.9 Å². The quantitative estimate of drug-likeness (QED) is 0.402. The minimum absolute atomic E-state index is 0.182. The van der Waals surface area contributed by atoms with Crippen molar-refractivity contribution < 1.29 is 9.47 Å². The van der Waals surface area contributed by atoms with E-state index in [0.29, 0.717) is 18.8 Å². The summed E-state index contributed by atoms with van der Waals surface area (Å²) in [7, 11) is 3.26. The van der Waals surface area contributed by atoms with Gasteiger partial charge < -0.3 is 24.7 Å². The fraction of sp³-hybridized carbons (Fsp3) is 0.261. The molecule has 1 aromatic heterocycles. The summed E-state index contributed by atoms with van der Waals surface area (Å²) in [6.07, 6.45) is 1.76. The molecule has 0 amide bonds. The Hall–Kier alpha value is -3.65.